The summed E-state index contributed by atoms with van der Waals surface area (Å²) in [5, 5.41) is 11.6. The number of carbonyl (C=O) groups excluding carboxylic acids is 1. The Kier molecular flexibility index (Phi) is 3.06. The van der Waals surface area contributed by atoms with Crippen molar-refractivity contribution < 1.29 is 9.53 Å². The zero-order chi connectivity index (χ0) is 11.4. The van der Waals surface area contributed by atoms with Crippen LogP contribution in [0.2, 0.25) is 0 Å². The molecule has 1 N–H and O–H groups in total. The first-order valence-electron chi connectivity index (χ1n) is 5.21. The van der Waals surface area contributed by atoms with Crippen LogP contribution in [0.25, 0.3) is 0 Å². The molecule has 1 saturated heterocycles. The zero-order valence-corrected chi connectivity index (χ0v) is 8.77. The molecular formula is C12H12N2O2. The van der Waals surface area contributed by atoms with Crippen molar-refractivity contribution in [3.05, 3.63) is 29.8 Å². The van der Waals surface area contributed by atoms with Crippen molar-refractivity contribution in [1.82, 2.24) is 5.32 Å². The average Bonchev–Trinajstić information content (AvgIpc) is 2.72. The first-order valence-corrected chi connectivity index (χ1v) is 5.21. The maximum atomic E-state index is 11.3. The molecule has 1 fully saturated rings. The molecule has 0 bridgehead atoms. The highest BCUT2D eigenvalue weighted by Crippen LogP contribution is 2.19. The van der Waals surface area contributed by atoms with Crippen molar-refractivity contribution in [3.63, 3.8) is 0 Å². The number of nitriles is 1. The molecule has 0 aromatic heterocycles. The highest BCUT2D eigenvalue weighted by Gasteiger charge is 2.24. The average molecular weight is 216 g/mol. The maximum absolute atomic E-state index is 11.3. The van der Waals surface area contributed by atoms with Gasteiger partial charge in [-0.3, -0.25) is 4.79 Å². The number of para-hydroxylation sites is 1. The predicted octanol–water partition coefficient (Wildman–Crippen LogP) is 1.07. The summed E-state index contributed by atoms with van der Waals surface area (Å²) in [6.07, 6.45) is 0.799. The second-order valence-corrected chi connectivity index (χ2v) is 3.70. The van der Waals surface area contributed by atoms with Gasteiger partial charge in [0.2, 0.25) is 5.91 Å². The first-order chi connectivity index (χ1) is 7.81. The van der Waals surface area contributed by atoms with Gasteiger partial charge in [0.15, 0.2) is 0 Å². The monoisotopic (exact) mass is 216 g/mol. The van der Waals surface area contributed by atoms with Crippen LogP contribution in [0.1, 0.15) is 12.0 Å². The summed E-state index contributed by atoms with van der Waals surface area (Å²) in [5.41, 5.74) is 0.501. The van der Waals surface area contributed by atoms with E-state index in [9.17, 15) is 4.79 Å². The van der Waals surface area contributed by atoms with Crippen LogP contribution in [-0.2, 0) is 4.79 Å². The van der Waals surface area contributed by atoms with Crippen molar-refractivity contribution >= 4 is 5.91 Å². The summed E-state index contributed by atoms with van der Waals surface area (Å²) in [5.74, 6) is 0.492. The fraction of sp³-hybridized carbons (Fsp3) is 0.333. The molecule has 1 heterocycles. The van der Waals surface area contributed by atoms with Crippen molar-refractivity contribution in [2.24, 2.45) is 5.92 Å². The largest absolute Gasteiger partial charge is 0.491 e. The van der Waals surface area contributed by atoms with Crippen LogP contribution >= 0.6 is 0 Å². The van der Waals surface area contributed by atoms with Crippen LogP contribution in [-0.4, -0.2) is 19.1 Å². The van der Waals surface area contributed by atoms with E-state index in [1.807, 2.05) is 6.07 Å². The van der Waals surface area contributed by atoms with E-state index in [1.54, 1.807) is 18.2 Å². The van der Waals surface area contributed by atoms with E-state index < -0.39 is 0 Å². The van der Waals surface area contributed by atoms with Gasteiger partial charge >= 0.3 is 0 Å². The van der Waals surface area contributed by atoms with Crippen LogP contribution in [0.4, 0.5) is 0 Å². The smallest absolute Gasteiger partial charge is 0.226 e. The van der Waals surface area contributed by atoms with Crippen molar-refractivity contribution in [3.8, 4) is 11.8 Å². The highest BCUT2D eigenvalue weighted by atomic mass is 16.5. The molecule has 1 aliphatic rings. The number of hydrogen-bond acceptors (Lipinski definition) is 3. The minimum absolute atomic E-state index is 0.0365. The van der Waals surface area contributed by atoms with Gasteiger partial charge in [0, 0.05) is 6.54 Å². The summed E-state index contributed by atoms with van der Waals surface area (Å²) in [6.45, 7) is 1.05. The van der Waals surface area contributed by atoms with Gasteiger partial charge in [0.1, 0.15) is 11.8 Å². The number of ether oxygens (including phenoxy) is 1. The summed E-state index contributed by atoms with van der Waals surface area (Å²) in [7, 11) is 0. The van der Waals surface area contributed by atoms with Gasteiger partial charge in [0.25, 0.3) is 0 Å². The molecule has 1 amide bonds. The molecule has 1 unspecified atom stereocenters. The lowest BCUT2D eigenvalue weighted by Gasteiger charge is -2.10. The lowest BCUT2D eigenvalue weighted by molar-refractivity contribution is -0.123. The molecular weight excluding hydrogens is 204 g/mol. The molecule has 82 valence electrons. The Labute approximate surface area is 93.8 Å². The third kappa shape index (κ3) is 2.14. The number of nitrogens with zero attached hydrogens (tertiary/aromatic N) is 1. The Hall–Kier alpha value is -2.02. The molecule has 4 heteroatoms. The highest BCUT2D eigenvalue weighted by molar-refractivity contribution is 5.80. The third-order valence-electron chi connectivity index (χ3n) is 2.61. The van der Waals surface area contributed by atoms with Gasteiger partial charge in [-0.1, -0.05) is 12.1 Å². The first kappa shape index (κ1) is 10.5. The van der Waals surface area contributed by atoms with Crippen LogP contribution in [0, 0.1) is 17.2 Å². The molecule has 0 radical (unpaired) electrons. The van der Waals surface area contributed by atoms with Gasteiger partial charge in [-0.15, -0.1) is 0 Å². The second-order valence-electron chi connectivity index (χ2n) is 3.70. The number of amides is 1. The fourth-order valence-corrected chi connectivity index (χ4v) is 1.68. The Morgan fingerprint density at radius 2 is 2.31 bits per heavy atom. The van der Waals surface area contributed by atoms with Gasteiger partial charge < -0.3 is 10.1 Å². The van der Waals surface area contributed by atoms with E-state index in [2.05, 4.69) is 11.4 Å². The number of carbonyl (C=O) groups is 1. The number of rotatable bonds is 3. The quantitative estimate of drug-likeness (QED) is 0.822. The third-order valence-corrected chi connectivity index (χ3v) is 2.61. The summed E-state index contributed by atoms with van der Waals surface area (Å²) >= 11 is 0. The zero-order valence-electron chi connectivity index (χ0n) is 8.77. The molecule has 1 aromatic rings. The van der Waals surface area contributed by atoms with E-state index in [-0.39, 0.29) is 11.8 Å². The van der Waals surface area contributed by atoms with E-state index >= 15 is 0 Å². The Morgan fingerprint density at radius 3 is 3.00 bits per heavy atom. The lowest BCUT2D eigenvalue weighted by Crippen LogP contribution is -2.23. The summed E-state index contributed by atoms with van der Waals surface area (Å²) in [6, 6.07) is 9.09. The Balaban J connectivity index is 1.99. The molecule has 2 rings (SSSR count). The van der Waals surface area contributed by atoms with Gasteiger partial charge in [0.05, 0.1) is 18.1 Å². The van der Waals surface area contributed by atoms with E-state index in [0.717, 1.165) is 6.42 Å². The topological polar surface area (TPSA) is 62.1 Å². The molecule has 16 heavy (non-hydrogen) atoms. The van der Waals surface area contributed by atoms with E-state index in [4.69, 9.17) is 10.00 Å². The van der Waals surface area contributed by atoms with Crippen LogP contribution in [0.15, 0.2) is 24.3 Å². The molecule has 4 nitrogen and oxygen atoms in total. The van der Waals surface area contributed by atoms with Crippen LogP contribution in [0.3, 0.4) is 0 Å². The molecule has 0 spiro atoms. The number of nitrogens with one attached hydrogen (secondary N) is 1. The second kappa shape index (κ2) is 4.67. The number of hydrogen-bond donors (Lipinski definition) is 1. The fourth-order valence-electron chi connectivity index (χ4n) is 1.68. The van der Waals surface area contributed by atoms with E-state index in [0.29, 0.717) is 24.5 Å². The van der Waals surface area contributed by atoms with Crippen LogP contribution < -0.4 is 10.1 Å². The molecule has 1 aliphatic heterocycles. The minimum Gasteiger partial charge on any atom is -0.491 e. The molecule has 0 saturated carbocycles. The SMILES string of the molecule is N#Cc1ccccc1OCC1CCNC1=O. The molecule has 0 aliphatic carbocycles. The van der Waals surface area contributed by atoms with Gasteiger partial charge in [-0.2, -0.15) is 5.26 Å². The number of benzene rings is 1. The van der Waals surface area contributed by atoms with Gasteiger partial charge in [-0.25, -0.2) is 0 Å². The van der Waals surface area contributed by atoms with E-state index in [1.165, 1.54) is 0 Å². The maximum Gasteiger partial charge on any atom is 0.226 e. The predicted molar refractivity (Wildman–Crippen MR) is 57.8 cm³/mol. The lowest BCUT2D eigenvalue weighted by atomic mass is 10.1. The van der Waals surface area contributed by atoms with Crippen LogP contribution in [0.5, 0.6) is 5.75 Å². The van der Waals surface area contributed by atoms with Crippen molar-refractivity contribution in [2.45, 2.75) is 6.42 Å². The summed E-state index contributed by atoms with van der Waals surface area (Å²) in [4.78, 5) is 11.3. The standard InChI is InChI=1S/C12H12N2O2/c13-7-9-3-1-2-4-11(9)16-8-10-5-6-14-12(10)15/h1-4,10H,5-6,8H2,(H,14,15). The summed E-state index contributed by atoms with van der Waals surface area (Å²) < 4.78 is 5.50. The minimum atomic E-state index is -0.0910. The Morgan fingerprint density at radius 1 is 1.50 bits per heavy atom. The Bertz CT molecular complexity index is 437. The molecule has 1 aromatic carbocycles. The van der Waals surface area contributed by atoms with Crippen molar-refractivity contribution in [1.29, 1.82) is 5.26 Å². The normalized spacial score (nSPS) is 18.9. The molecule has 1 atom stereocenters. The van der Waals surface area contributed by atoms with Crippen molar-refractivity contribution in [2.75, 3.05) is 13.2 Å². The van der Waals surface area contributed by atoms with Gasteiger partial charge in [-0.05, 0) is 18.6 Å².